The second kappa shape index (κ2) is 7.72. The normalized spacial score (nSPS) is 33.5. The minimum absolute atomic E-state index is 0.106. The lowest BCUT2D eigenvalue weighted by molar-refractivity contribution is -0.118. The molecule has 1 saturated heterocycles. The van der Waals surface area contributed by atoms with E-state index in [-0.39, 0.29) is 17.4 Å². The Bertz CT molecular complexity index is 1180. The molecule has 6 heteroatoms. The molecule has 6 nitrogen and oxygen atoms in total. The van der Waals surface area contributed by atoms with Crippen LogP contribution in [0, 0.1) is 29.6 Å². The highest BCUT2D eigenvalue weighted by Crippen LogP contribution is 2.65. The predicted molar refractivity (Wildman–Crippen MR) is 125 cm³/mol. The maximum Gasteiger partial charge on any atom is 0.235 e. The monoisotopic (exact) mass is 441 g/mol. The lowest BCUT2D eigenvalue weighted by atomic mass is 9.73. The van der Waals surface area contributed by atoms with Crippen molar-refractivity contribution in [2.24, 2.45) is 17.8 Å². The van der Waals surface area contributed by atoms with Crippen molar-refractivity contribution in [3.63, 3.8) is 0 Å². The number of methoxy groups -OCH3 is 1. The summed E-state index contributed by atoms with van der Waals surface area (Å²) in [6.07, 6.45) is 5.04. The molecule has 6 rings (SSSR count). The second-order valence-electron chi connectivity index (χ2n) is 9.77. The predicted octanol–water partition coefficient (Wildman–Crippen LogP) is 3.03. The van der Waals surface area contributed by atoms with Crippen molar-refractivity contribution in [1.29, 1.82) is 0 Å². The van der Waals surface area contributed by atoms with Crippen molar-refractivity contribution in [3.05, 3.63) is 59.2 Å². The first kappa shape index (κ1) is 20.5. The number of hydrogen-bond acceptors (Lipinski definition) is 5. The minimum Gasteiger partial charge on any atom is -0.497 e. The average Bonchev–Trinajstić information content (AvgIpc) is 3.39. The van der Waals surface area contributed by atoms with Gasteiger partial charge in [-0.05, 0) is 73.4 Å². The van der Waals surface area contributed by atoms with E-state index in [2.05, 4.69) is 28.0 Å². The Balaban J connectivity index is 1.14. The minimum atomic E-state index is -0.375. The molecule has 6 atom stereocenters. The van der Waals surface area contributed by atoms with Gasteiger partial charge in [-0.1, -0.05) is 24.0 Å². The molecule has 2 aliphatic heterocycles. The van der Waals surface area contributed by atoms with Crippen LogP contribution in [0.1, 0.15) is 47.2 Å². The fraction of sp³-hybridized carbons (Fsp3) is 0.407. The number of hydrogen-bond donors (Lipinski definition) is 3. The van der Waals surface area contributed by atoms with Gasteiger partial charge in [-0.3, -0.25) is 15.0 Å². The number of benzene rings is 2. The SMILES string of the molecule is COc1ccc2c(c1)[C@]1(C[C@H]1C1CCC3C(C#Cc4ccc(C=O)cc4)NNC3C1)C(=O)N2. The van der Waals surface area contributed by atoms with Gasteiger partial charge in [0.05, 0.1) is 18.6 Å². The molecule has 33 heavy (non-hydrogen) atoms. The van der Waals surface area contributed by atoms with Gasteiger partial charge in [0.15, 0.2) is 0 Å². The van der Waals surface area contributed by atoms with Gasteiger partial charge in [-0.25, -0.2) is 5.43 Å². The molecule has 2 aromatic carbocycles. The first-order chi connectivity index (χ1) is 16.1. The molecule has 3 fully saturated rings. The molecule has 4 aliphatic rings. The van der Waals surface area contributed by atoms with Crippen molar-refractivity contribution in [3.8, 4) is 17.6 Å². The number of amides is 1. The van der Waals surface area contributed by atoms with Crippen molar-refractivity contribution >= 4 is 17.9 Å². The zero-order valence-electron chi connectivity index (χ0n) is 18.6. The van der Waals surface area contributed by atoms with Crippen LogP contribution < -0.4 is 20.9 Å². The van der Waals surface area contributed by atoms with E-state index in [1.807, 2.05) is 30.3 Å². The Kier molecular flexibility index (Phi) is 4.79. The molecule has 0 radical (unpaired) electrons. The number of aldehydes is 1. The van der Waals surface area contributed by atoms with Crippen molar-refractivity contribution in [2.75, 3.05) is 12.4 Å². The molecule has 0 bridgehead atoms. The van der Waals surface area contributed by atoms with Crippen LogP contribution in [0.4, 0.5) is 5.69 Å². The molecule has 4 unspecified atom stereocenters. The molecule has 168 valence electrons. The Morgan fingerprint density at radius 2 is 1.97 bits per heavy atom. The van der Waals surface area contributed by atoms with Gasteiger partial charge < -0.3 is 10.1 Å². The van der Waals surface area contributed by atoms with E-state index in [0.717, 1.165) is 54.5 Å². The Morgan fingerprint density at radius 3 is 2.76 bits per heavy atom. The number of carbonyl (C=O) groups is 2. The summed E-state index contributed by atoms with van der Waals surface area (Å²) in [7, 11) is 1.67. The van der Waals surface area contributed by atoms with Crippen LogP contribution in [0.25, 0.3) is 0 Å². The first-order valence-corrected chi connectivity index (χ1v) is 11.7. The number of ether oxygens (including phenoxy) is 1. The molecular weight excluding hydrogens is 414 g/mol. The van der Waals surface area contributed by atoms with Crippen LogP contribution in [0.15, 0.2) is 42.5 Å². The smallest absolute Gasteiger partial charge is 0.235 e. The fourth-order valence-corrected chi connectivity index (χ4v) is 6.32. The Labute approximate surface area is 193 Å². The third-order valence-electron chi connectivity index (χ3n) is 8.16. The highest BCUT2D eigenvalue weighted by atomic mass is 16.5. The summed E-state index contributed by atoms with van der Waals surface area (Å²) >= 11 is 0. The number of nitrogens with one attached hydrogen (secondary N) is 3. The summed E-state index contributed by atoms with van der Waals surface area (Å²) in [5, 5.41) is 3.10. The van der Waals surface area contributed by atoms with Crippen LogP contribution in [0.5, 0.6) is 5.75 Å². The summed E-state index contributed by atoms with van der Waals surface area (Å²) in [6.45, 7) is 0. The van der Waals surface area contributed by atoms with Crippen LogP contribution in [-0.2, 0) is 10.2 Å². The topological polar surface area (TPSA) is 79.5 Å². The lowest BCUT2D eigenvalue weighted by Gasteiger charge is -2.33. The van der Waals surface area contributed by atoms with E-state index < -0.39 is 0 Å². The summed E-state index contributed by atoms with van der Waals surface area (Å²) in [5.74, 6) is 8.96. The van der Waals surface area contributed by atoms with Crippen LogP contribution in [-0.4, -0.2) is 31.4 Å². The summed E-state index contributed by atoms with van der Waals surface area (Å²) < 4.78 is 5.43. The molecule has 2 saturated carbocycles. The maximum atomic E-state index is 13.0. The third kappa shape index (κ3) is 3.26. The van der Waals surface area contributed by atoms with E-state index >= 15 is 0 Å². The Morgan fingerprint density at radius 1 is 1.12 bits per heavy atom. The van der Waals surface area contributed by atoms with Crippen LogP contribution in [0.3, 0.4) is 0 Å². The molecule has 2 heterocycles. The zero-order valence-corrected chi connectivity index (χ0v) is 18.6. The lowest BCUT2D eigenvalue weighted by Crippen LogP contribution is -2.37. The van der Waals surface area contributed by atoms with Gasteiger partial charge in [0.25, 0.3) is 0 Å². The number of anilines is 1. The van der Waals surface area contributed by atoms with E-state index in [1.54, 1.807) is 19.2 Å². The number of fused-ring (bicyclic) bond motifs is 3. The molecule has 2 aliphatic carbocycles. The molecule has 0 aromatic heterocycles. The highest BCUT2D eigenvalue weighted by Gasteiger charge is 2.67. The zero-order chi connectivity index (χ0) is 22.6. The molecule has 2 aromatic rings. The standard InChI is InChI=1S/C27H27N3O3/c1-33-19-8-11-24-21(13-19)27(26(32)28-24)14-22(27)18-7-9-20-23(29-30-25(20)12-18)10-6-16-2-4-17(15-31)5-3-16/h2-5,8,11,13,15,18,20,22-23,25,29-30H,7,9,12,14H2,1H3,(H,28,32)/t18?,20?,22-,23?,25?,27-/m0/s1. The largest absolute Gasteiger partial charge is 0.497 e. The summed E-state index contributed by atoms with van der Waals surface area (Å²) in [6, 6.07) is 13.8. The second-order valence-corrected chi connectivity index (χ2v) is 9.77. The fourth-order valence-electron chi connectivity index (χ4n) is 6.32. The first-order valence-electron chi connectivity index (χ1n) is 11.7. The van der Waals surface area contributed by atoms with Gasteiger partial charge in [0, 0.05) is 28.8 Å². The summed E-state index contributed by atoms with van der Waals surface area (Å²) in [5.41, 5.74) is 10.1. The van der Waals surface area contributed by atoms with Gasteiger partial charge in [-0.15, -0.1) is 0 Å². The van der Waals surface area contributed by atoms with Crippen LogP contribution in [0.2, 0.25) is 0 Å². The van der Waals surface area contributed by atoms with Gasteiger partial charge >= 0.3 is 0 Å². The third-order valence-corrected chi connectivity index (χ3v) is 8.16. The summed E-state index contributed by atoms with van der Waals surface area (Å²) in [4.78, 5) is 23.8. The van der Waals surface area contributed by atoms with Gasteiger partial charge in [0.2, 0.25) is 5.91 Å². The number of rotatable bonds is 3. The average molecular weight is 442 g/mol. The van der Waals surface area contributed by atoms with Gasteiger partial charge in [0.1, 0.15) is 12.0 Å². The van der Waals surface area contributed by atoms with E-state index in [0.29, 0.717) is 29.4 Å². The van der Waals surface area contributed by atoms with E-state index in [4.69, 9.17) is 4.74 Å². The van der Waals surface area contributed by atoms with E-state index in [9.17, 15) is 9.59 Å². The molecular formula is C27H27N3O3. The number of carbonyl (C=O) groups excluding carboxylic acids is 2. The van der Waals surface area contributed by atoms with Crippen molar-refractivity contribution in [1.82, 2.24) is 10.9 Å². The maximum absolute atomic E-state index is 13.0. The Hall–Kier alpha value is -3.14. The molecule has 3 N–H and O–H groups in total. The highest BCUT2D eigenvalue weighted by molar-refractivity contribution is 6.09. The van der Waals surface area contributed by atoms with E-state index in [1.165, 1.54) is 0 Å². The van der Waals surface area contributed by atoms with Gasteiger partial charge in [-0.2, -0.15) is 0 Å². The van der Waals surface area contributed by atoms with Crippen molar-refractivity contribution < 1.29 is 14.3 Å². The molecule has 1 spiro atoms. The van der Waals surface area contributed by atoms with Crippen LogP contribution >= 0.6 is 0 Å². The quantitative estimate of drug-likeness (QED) is 0.504. The number of hydrazine groups is 1. The molecule has 1 amide bonds. The van der Waals surface area contributed by atoms with Crippen molar-refractivity contribution in [2.45, 2.75) is 43.2 Å².